The molecule has 1 aromatic rings. The van der Waals surface area contributed by atoms with Gasteiger partial charge in [0.15, 0.2) is 0 Å². The number of anilines is 1. The maximum atomic E-state index is 14.2. The van der Waals surface area contributed by atoms with Crippen LogP contribution in [0.1, 0.15) is 31.9 Å². The van der Waals surface area contributed by atoms with Crippen LogP contribution in [0.25, 0.3) is 0 Å². The minimum absolute atomic E-state index is 0.105. The van der Waals surface area contributed by atoms with Gasteiger partial charge in [-0.15, -0.1) is 0 Å². The quantitative estimate of drug-likeness (QED) is 0.765. The SMILES string of the molecule is CCCNC(C)c1ccc(N2CC(O)C(O)C2)c(F)c1. The van der Waals surface area contributed by atoms with E-state index in [9.17, 15) is 14.6 Å². The van der Waals surface area contributed by atoms with Crippen LogP contribution in [0.4, 0.5) is 10.1 Å². The molecule has 1 aliphatic rings. The van der Waals surface area contributed by atoms with Crippen molar-refractivity contribution < 1.29 is 14.6 Å². The van der Waals surface area contributed by atoms with Crippen LogP contribution in [0.15, 0.2) is 18.2 Å². The number of rotatable bonds is 5. The highest BCUT2D eigenvalue weighted by Crippen LogP contribution is 2.26. The smallest absolute Gasteiger partial charge is 0.146 e. The Labute approximate surface area is 119 Å². The number of halogens is 1. The van der Waals surface area contributed by atoms with Crippen molar-refractivity contribution in [3.63, 3.8) is 0 Å². The zero-order valence-electron chi connectivity index (χ0n) is 12.0. The summed E-state index contributed by atoms with van der Waals surface area (Å²) in [4.78, 5) is 1.68. The third-order valence-corrected chi connectivity index (χ3v) is 3.77. The van der Waals surface area contributed by atoms with E-state index < -0.39 is 12.2 Å². The van der Waals surface area contributed by atoms with Crippen molar-refractivity contribution >= 4 is 5.69 Å². The van der Waals surface area contributed by atoms with Gasteiger partial charge in [-0.3, -0.25) is 0 Å². The van der Waals surface area contributed by atoms with Crippen LogP contribution in [-0.4, -0.2) is 42.1 Å². The topological polar surface area (TPSA) is 55.7 Å². The first-order valence-corrected chi connectivity index (χ1v) is 7.16. The number of nitrogens with one attached hydrogen (secondary N) is 1. The van der Waals surface area contributed by atoms with E-state index in [1.165, 1.54) is 6.07 Å². The molecule has 20 heavy (non-hydrogen) atoms. The van der Waals surface area contributed by atoms with Crippen molar-refractivity contribution in [3.05, 3.63) is 29.6 Å². The van der Waals surface area contributed by atoms with Crippen LogP contribution >= 0.6 is 0 Å². The lowest BCUT2D eigenvalue weighted by atomic mass is 10.1. The van der Waals surface area contributed by atoms with Gasteiger partial charge in [0.1, 0.15) is 5.82 Å². The second-order valence-corrected chi connectivity index (χ2v) is 5.43. The normalized spacial score (nSPS) is 24.1. The lowest BCUT2D eigenvalue weighted by Crippen LogP contribution is -2.23. The standard InChI is InChI=1S/C15H23FN2O2/c1-3-6-17-10(2)11-4-5-13(12(16)7-11)18-8-14(19)15(20)9-18/h4-5,7,10,14-15,17,19-20H,3,6,8-9H2,1-2H3. The Kier molecular flexibility index (Phi) is 4.96. The molecule has 4 nitrogen and oxygen atoms in total. The molecule has 1 heterocycles. The van der Waals surface area contributed by atoms with Crippen molar-refractivity contribution in [2.75, 3.05) is 24.5 Å². The number of hydrogen-bond donors (Lipinski definition) is 3. The highest BCUT2D eigenvalue weighted by Gasteiger charge is 2.30. The highest BCUT2D eigenvalue weighted by molar-refractivity contribution is 5.51. The molecule has 5 heteroatoms. The summed E-state index contributed by atoms with van der Waals surface area (Å²) in [6.45, 7) is 5.53. The first-order valence-electron chi connectivity index (χ1n) is 7.16. The molecule has 3 unspecified atom stereocenters. The molecule has 1 aromatic carbocycles. The van der Waals surface area contributed by atoms with E-state index in [0.717, 1.165) is 18.5 Å². The van der Waals surface area contributed by atoms with E-state index in [-0.39, 0.29) is 24.9 Å². The van der Waals surface area contributed by atoms with E-state index in [4.69, 9.17) is 0 Å². The second kappa shape index (κ2) is 6.52. The first-order chi connectivity index (χ1) is 9.52. The highest BCUT2D eigenvalue weighted by atomic mass is 19.1. The molecule has 0 aromatic heterocycles. The average Bonchev–Trinajstić information content (AvgIpc) is 2.75. The van der Waals surface area contributed by atoms with Crippen molar-refractivity contribution in [1.82, 2.24) is 5.32 Å². The van der Waals surface area contributed by atoms with Gasteiger partial charge in [0, 0.05) is 19.1 Å². The van der Waals surface area contributed by atoms with E-state index in [2.05, 4.69) is 12.2 Å². The molecule has 2 rings (SSSR count). The Hall–Kier alpha value is -1.17. The monoisotopic (exact) mass is 282 g/mol. The van der Waals surface area contributed by atoms with Crippen LogP contribution < -0.4 is 10.2 Å². The number of benzene rings is 1. The third kappa shape index (κ3) is 3.29. The number of nitrogens with zero attached hydrogens (tertiary/aromatic N) is 1. The summed E-state index contributed by atoms with van der Waals surface area (Å²) in [6, 6.07) is 5.25. The molecular formula is C15H23FN2O2. The Balaban J connectivity index is 2.10. The summed E-state index contributed by atoms with van der Waals surface area (Å²) in [6.07, 6.45) is -0.576. The van der Waals surface area contributed by atoms with E-state index in [0.29, 0.717) is 5.69 Å². The van der Waals surface area contributed by atoms with E-state index in [1.807, 2.05) is 13.0 Å². The van der Waals surface area contributed by atoms with Crippen molar-refractivity contribution in [2.24, 2.45) is 0 Å². The maximum absolute atomic E-state index is 14.2. The van der Waals surface area contributed by atoms with Crippen LogP contribution in [0.5, 0.6) is 0 Å². The molecule has 112 valence electrons. The number of aliphatic hydroxyl groups is 2. The lowest BCUT2D eigenvalue weighted by molar-refractivity contribution is 0.0572. The summed E-state index contributed by atoms with van der Waals surface area (Å²) in [7, 11) is 0. The molecule has 0 radical (unpaired) electrons. The minimum atomic E-state index is -0.806. The molecule has 1 aliphatic heterocycles. The second-order valence-electron chi connectivity index (χ2n) is 5.43. The van der Waals surface area contributed by atoms with Gasteiger partial charge in [0.2, 0.25) is 0 Å². The third-order valence-electron chi connectivity index (χ3n) is 3.77. The molecule has 3 N–H and O–H groups in total. The molecule has 0 saturated carbocycles. The fourth-order valence-electron chi connectivity index (χ4n) is 2.49. The largest absolute Gasteiger partial charge is 0.389 e. The summed E-state index contributed by atoms with van der Waals surface area (Å²) in [5, 5.41) is 22.4. The summed E-state index contributed by atoms with van der Waals surface area (Å²) in [5.41, 5.74) is 1.34. The fraction of sp³-hybridized carbons (Fsp3) is 0.600. The molecule has 1 saturated heterocycles. The Morgan fingerprint density at radius 3 is 2.55 bits per heavy atom. The van der Waals surface area contributed by atoms with Gasteiger partial charge in [0.25, 0.3) is 0 Å². The molecule has 1 fully saturated rings. The summed E-state index contributed by atoms with van der Waals surface area (Å²) in [5.74, 6) is -0.311. The van der Waals surface area contributed by atoms with Crippen LogP contribution in [0.2, 0.25) is 0 Å². The molecule has 0 amide bonds. The number of β-amino-alcohol motifs (C(OH)–C–C–N with tert-alkyl or cyclic N) is 2. The Bertz CT molecular complexity index is 445. The molecular weight excluding hydrogens is 259 g/mol. The lowest BCUT2D eigenvalue weighted by Gasteiger charge is -2.20. The fourth-order valence-corrected chi connectivity index (χ4v) is 2.49. The average molecular weight is 282 g/mol. The minimum Gasteiger partial charge on any atom is -0.389 e. The van der Waals surface area contributed by atoms with Gasteiger partial charge in [-0.1, -0.05) is 13.0 Å². The molecule has 0 bridgehead atoms. The van der Waals surface area contributed by atoms with Gasteiger partial charge in [-0.25, -0.2) is 4.39 Å². The van der Waals surface area contributed by atoms with Gasteiger partial charge >= 0.3 is 0 Å². The summed E-state index contributed by atoms with van der Waals surface area (Å²) < 4.78 is 14.2. The van der Waals surface area contributed by atoms with Crippen LogP contribution in [-0.2, 0) is 0 Å². The number of aliphatic hydroxyl groups excluding tert-OH is 2. The van der Waals surface area contributed by atoms with Gasteiger partial charge in [0.05, 0.1) is 17.9 Å². The number of hydrogen-bond acceptors (Lipinski definition) is 4. The van der Waals surface area contributed by atoms with Gasteiger partial charge in [-0.2, -0.15) is 0 Å². The zero-order valence-corrected chi connectivity index (χ0v) is 12.0. The van der Waals surface area contributed by atoms with Crippen molar-refractivity contribution in [1.29, 1.82) is 0 Å². The van der Waals surface area contributed by atoms with Crippen molar-refractivity contribution in [3.8, 4) is 0 Å². The molecule has 3 atom stereocenters. The van der Waals surface area contributed by atoms with Gasteiger partial charge in [-0.05, 0) is 37.6 Å². The van der Waals surface area contributed by atoms with Gasteiger partial charge < -0.3 is 20.4 Å². The Morgan fingerprint density at radius 2 is 2.00 bits per heavy atom. The molecule has 0 aliphatic carbocycles. The predicted octanol–water partition coefficient (Wildman–Crippen LogP) is 1.43. The Morgan fingerprint density at radius 1 is 1.35 bits per heavy atom. The zero-order chi connectivity index (χ0) is 14.7. The van der Waals surface area contributed by atoms with E-state index >= 15 is 0 Å². The molecule has 0 spiro atoms. The van der Waals surface area contributed by atoms with Crippen LogP contribution in [0.3, 0.4) is 0 Å². The van der Waals surface area contributed by atoms with Crippen LogP contribution in [0, 0.1) is 5.82 Å². The maximum Gasteiger partial charge on any atom is 0.146 e. The summed E-state index contributed by atoms with van der Waals surface area (Å²) >= 11 is 0. The van der Waals surface area contributed by atoms with Crippen molar-refractivity contribution in [2.45, 2.75) is 38.5 Å². The first kappa shape index (κ1) is 15.2. The predicted molar refractivity (Wildman–Crippen MR) is 77.3 cm³/mol. The van der Waals surface area contributed by atoms with E-state index in [1.54, 1.807) is 11.0 Å².